The zero-order valence-corrected chi connectivity index (χ0v) is 38.1. The molecule has 0 atom stereocenters. The van der Waals surface area contributed by atoms with Crippen LogP contribution in [-0.4, -0.2) is 28.7 Å². The highest BCUT2D eigenvalue weighted by Crippen LogP contribution is 2.44. The number of rotatable bonds is 7. The molecule has 0 unspecified atom stereocenters. The van der Waals surface area contributed by atoms with Crippen LogP contribution < -0.4 is 0 Å². The van der Waals surface area contributed by atoms with Crippen molar-refractivity contribution in [2.45, 2.75) is 0 Å². The van der Waals surface area contributed by atoms with Gasteiger partial charge in [0, 0.05) is 66.1 Å². The topological polar surface area (TPSA) is 57.8 Å². The Kier molecular flexibility index (Phi) is 9.13. The van der Waals surface area contributed by atoms with Crippen molar-refractivity contribution in [3.63, 3.8) is 0 Å². The third kappa shape index (κ3) is 6.40. The zero-order chi connectivity index (χ0) is 47.0. The fourth-order valence-electron chi connectivity index (χ4n) is 10.8. The lowest BCUT2D eigenvalue weighted by Gasteiger charge is -2.13. The minimum atomic E-state index is 0.426. The van der Waals surface area contributed by atoms with E-state index in [0.717, 1.165) is 105 Å². The molecule has 0 aliphatic heterocycles. The third-order valence-corrected chi connectivity index (χ3v) is 13.9. The van der Waals surface area contributed by atoms with Crippen molar-refractivity contribution in [3.05, 3.63) is 248 Å². The first-order valence-corrected chi connectivity index (χ1v) is 23.7. The summed E-state index contributed by atoms with van der Waals surface area (Å²) in [5.74, 6) is 1.47. The average Bonchev–Trinajstić information content (AvgIpc) is 4.09. The number of para-hydroxylation sites is 5. The predicted molar refractivity (Wildman–Crippen MR) is 291 cm³/mol. The van der Waals surface area contributed by atoms with Crippen LogP contribution in [0.4, 0.5) is 5.69 Å². The van der Waals surface area contributed by atoms with Crippen LogP contribution in [0.25, 0.3) is 133 Å². The summed E-state index contributed by atoms with van der Waals surface area (Å²) in [5, 5.41) is 6.83. The van der Waals surface area contributed by atoms with E-state index in [1.165, 1.54) is 0 Å². The minimum absolute atomic E-state index is 0.426. The molecule has 71 heavy (non-hydrogen) atoms. The van der Waals surface area contributed by atoms with Crippen molar-refractivity contribution in [2.24, 2.45) is 0 Å². The van der Waals surface area contributed by atoms with Crippen LogP contribution >= 0.6 is 0 Å². The Bertz CT molecular complexity index is 4460. The van der Waals surface area contributed by atoms with E-state index >= 15 is 0 Å². The Morgan fingerprint density at radius 1 is 0.310 bits per heavy atom. The summed E-state index contributed by atoms with van der Waals surface area (Å²) >= 11 is 0. The third-order valence-electron chi connectivity index (χ3n) is 13.9. The molecular weight excluding hydrogens is 867 g/mol. The fourth-order valence-corrected chi connectivity index (χ4v) is 10.8. The van der Waals surface area contributed by atoms with E-state index in [2.05, 4.69) is 207 Å². The maximum absolute atomic E-state index is 8.76. The van der Waals surface area contributed by atoms with Crippen LogP contribution in [0.5, 0.6) is 0 Å². The largest absolute Gasteiger partial charge is 0.310 e. The van der Waals surface area contributed by atoms with Crippen molar-refractivity contribution in [3.8, 4) is 62.4 Å². The Balaban J connectivity index is 0.981. The second kappa shape index (κ2) is 16.1. The van der Waals surface area contributed by atoms with Crippen LogP contribution in [0.1, 0.15) is 0 Å². The number of benzene rings is 10. The first-order valence-electron chi connectivity index (χ1n) is 23.7. The molecule has 14 rings (SSSR count). The maximum atomic E-state index is 8.76. The van der Waals surface area contributed by atoms with Gasteiger partial charge in [-0.25, -0.2) is 19.8 Å². The van der Waals surface area contributed by atoms with Gasteiger partial charge in [0.1, 0.15) is 0 Å². The average molecular weight is 906 g/mol. The molecule has 4 aromatic heterocycles. The summed E-state index contributed by atoms with van der Waals surface area (Å²) in [6.45, 7) is 8.76. The SMILES string of the molecule is [C-]#[N+]c1cc(-n2c3ccccc3c3ccc4c(c5ccccc5n4-c4ccccc4)c32)ccc1-c1nc(-c2cccc(-c3ccccc3)c2)nc(-c2ccc3c(c2)c2ccccc2n3-c2ccccc2)n1. The molecule has 14 aromatic rings. The molecule has 0 saturated heterocycles. The smallest absolute Gasteiger partial charge is 0.200 e. The van der Waals surface area contributed by atoms with Crippen LogP contribution in [0.3, 0.4) is 0 Å². The van der Waals surface area contributed by atoms with Gasteiger partial charge < -0.3 is 13.7 Å². The summed E-state index contributed by atoms with van der Waals surface area (Å²) in [6.07, 6.45) is 0. The number of nitrogens with zero attached hydrogens (tertiary/aromatic N) is 7. The van der Waals surface area contributed by atoms with Crippen LogP contribution in [0.2, 0.25) is 0 Å². The van der Waals surface area contributed by atoms with Gasteiger partial charge in [0.2, 0.25) is 0 Å². The second-order valence-corrected chi connectivity index (χ2v) is 17.9. The van der Waals surface area contributed by atoms with Gasteiger partial charge in [-0.1, -0.05) is 152 Å². The quantitative estimate of drug-likeness (QED) is 0.150. The lowest BCUT2D eigenvalue weighted by Crippen LogP contribution is -2.01. The molecule has 7 nitrogen and oxygen atoms in total. The highest BCUT2D eigenvalue weighted by Gasteiger charge is 2.23. The molecule has 330 valence electrons. The molecule has 0 aliphatic rings. The Morgan fingerprint density at radius 2 is 0.817 bits per heavy atom. The Labute approximate surface area is 408 Å². The first kappa shape index (κ1) is 40.2. The van der Waals surface area contributed by atoms with E-state index in [0.29, 0.717) is 28.7 Å². The molecule has 0 spiro atoms. The van der Waals surface area contributed by atoms with E-state index in [4.69, 9.17) is 21.5 Å². The lowest BCUT2D eigenvalue weighted by atomic mass is 10.0. The summed E-state index contributed by atoms with van der Waals surface area (Å²) in [4.78, 5) is 19.9. The van der Waals surface area contributed by atoms with Gasteiger partial charge in [-0.15, -0.1) is 0 Å². The number of hydrogen-bond acceptors (Lipinski definition) is 3. The lowest BCUT2D eigenvalue weighted by molar-refractivity contribution is 1.07. The monoisotopic (exact) mass is 905 g/mol. The molecule has 4 heterocycles. The molecule has 0 N–H and O–H groups in total. The minimum Gasteiger partial charge on any atom is -0.310 e. The van der Waals surface area contributed by atoms with Crippen molar-refractivity contribution in [2.75, 3.05) is 0 Å². The van der Waals surface area contributed by atoms with E-state index in [1.54, 1.807) is 0 Å². The summed E-state index contributed by atoms with van der Waals surface area (Å²) in [5.41, 5.74) is 14.6. The Hall–Kier alpha value is -9.90. The molecule has 7 heteroatoms. The summed E-state index contributed by atoms with van der Waals surface area (Å²) < 4.78 is 6.98. The van der Waals surface area contributed by atoms with Gasteiger partial charge in [0.25, 0.3) is 0 Å². The summed E-state index contributed by atoms with van der Waals surface area (Å²) in [6, 6.07) is 82.4. The maximum Gasteiger partial charge on any atom is 0.200 e. The van der Waals surface area contributed by atoms with Gasteiger partial charge in [0.05, 0.1) is 39.7 Å². The van der Waals surface area contributed by atoms with E-state index in [9.17, 15) is 0 Å². The molecule has 0 amide bonds. The van der Waals surface area contributed by atoms with Crippen LogP contribution in [0, 0.1) is 6.57 Å². The first-order chi connectivity index (χ1) is 35.2. The van der Waals surface area contributed by atoms with Gasteiger partial charge in [-0.2, -0.15) is 0 Å². The molecule has 0 bridgehead atoms. The van der Waals surface area contributed by atoms with Gasteiger partial charge >= 0.3 is 0 Å². The molecule has 0 aliphatic carbocycles. The van der Waals surface area contributed by atoms with E-state index in [-0.39, 0.29) is 0 Å². The Morgan fingerprint density at radius 3 is 1.51 bits per heavy atom. The highest BCUT2D eigenvalue weighted by molar-refractivity contribution is 6.26. The second-order valence-electron chi connectivity index (χ2n) is 17.9. The van der Waals surface area contributed by atoms with Gasteiger partial charge in [-0.05, 0) is 96.1 Å². The number of fused-ring (bicyclic) bond motifs is 10. The molecular formula is C64H39N7. The zero-order valence-electron chi connectivity index (χ0n) is 38.1. The molecule has 10 aromatic carbocycles. The highest BCUT2D eigenvalue weighted by atomic mass is 15.0. The number of hydrogen-bond donors (Lipinski definition) is 0. The standard InChI is InChI=1S/C64H39N7/c1-65-54-40-47(71-56-30-15-11-26-48(56)50-35-37-59-60(61(50)71)52-28-13-16-31-57(52)70(59)46-24-9-4-10-25-46)33-34-51(54)64-67-62(43-21-17-20-42(38-43)41-18-5-2-6-19-41)66-63(68-64)44-32-36-58-53(39-44)49-27-12-14-29-55(49)69(58)45-22-7-3-8-23-45/h2-40H. The van der Waals surface area contributed by atoms with Crippen molar-refractivity contribution in [1.82, 2.24) is 28.7 Å². The molecule has 0 fully saturated rings. The van der Waals surface area contributed by atoms with Crippen LogP contribution in [-0.2, 0) is 0 Å². The summed E-state index contributed by atoms with van der Waals surface area (Å²) in [7, 11) is 0. The van der Waals surface area contributed by atoms with E-state index in [1.807, 2.05) is 48.5 Å². The normalized spacial score (nSPS) is 11.6. The van der Waals surface area contributed by atoms with Gasteiger partial charge in [-0.3, -0.25) is 0 Å². The molecule has 0 radical (unpaired) electrons. The fraction of sp³-hybridized carbons (Fsp3) is 0. The predicted octanol–water partition coefficient (Wildman–Crippen LogP) is 16.4. The van der Waals surface area contributed by atoms with Crippen molar-refractivity contribution in [1.29, 1.82) is 0 Å². The van der Waals surface area contributed by atoms with Crippen molar-refractivity contribution >= 4 is 71.1 Å². The molecule has 0 saturated carbocycles. The van der Waals surface area contributed by atoms with Crippen molar-refractivity contribution < 1.29 is 0 Å². The van der Waals surface area contributed by atoms with Gasteiger partial charge in [0.15, 0.2) is 23.2 Å². The number of aromatic nitrogens is 6. The van der Waals surface area contributed by atoms with Crippen LogP contribution in [0.15, 0.2) is 237 Å². The van der Waals surface area contributed by atoms with E-state index < -0.39 is 0 Å².